The van der Waals surface area contributed by atoms with Crippen LogP contribution in [0.5, 0.6) is 5.88 Å². The maximum atomic E-state index is 13.6. The van der Waals surface area contributed by atoms with Gasteiger partial charge in [-0.3, -0.25) is 4.79 Å². The molecule has 0 bridgehead atoms. The van der Waals surface area contributed by atoms with E-state index in [0.717, 1.165) is 4.68 Å². The molecule has 0 spiro atoms. The Morgan fingerprint density at radius 2 is 2.14 bits per heavy atom. The number of aromatic carboxylic acids is 1. The Balaban J connectivity index is 2.22. The van der Waals surface area contributed by atoms with Crippen molar-refractivity contribution < 1.29 is 23.8 Å². The Kier molecular flexibility index (Phi) is 4.77. The first kappa shape index (κ1) is 16.0. The number of carboxylic acid groups (broad SMARTS) is 1. The maximum absolute atomic E-state index is 13.6. The number of benzene rings is 1. The van der Waals surface area contributed by atoms with Crippen molar-refractivity contribution in [1.82, 2.24) is 9.78 Å². The van der Waals surface area contributed by atoms with Gasteiger partial charge in [-0.05, 0) is 25.1 Å². The van der Waals surface area contributed by atoms with Crippen LogP contribution in [0.2, 0.25) is 5.02 Å². The summed E-state index contributed by atoms with van der Waals surface area (Å²) in [6, 6.07) is 5.19. The van der Waals surface area contributed by atoms with Crippen LogP contribution in [0.3, 0.4) is 0 Å². The molecule has 2 aromatic rings. The van der Waals surface area contributed by atoms with Crippen LogP contribution in [-0.2, 0) is 17.9 Å². The summed E-state index contributed by atoms with van der Waals surface area (Å²) in [7, 11) is 0. The molecule has 6 nitrogen and oxygen atoms in total. The zero-order valence-electron chi connectivity index (χ0n) is 11.5. The molecule has 0 atom stereocenters. The summed E-state index contributed by atoms with van der Waals surface area (Å²) in [5, 5.41) is 13.0. The number of carbonyl (C=O) groups is 2. The number of carboxylic acids is 1. The van der Waals surface area contributed by atoms with Crippen molar-refractivity contribution >= 4 is 23.4 Å². The van der Waals surface area contributed by atoms with E-state index in [4.69, 9.17) is 21.4 Å². The number of hydrogen-bond acceptors (Lipinski definition) is 4. The Bertz CT molecular complexity index is 730. The molecule has 22 heavy (non-hydrogen) atoms. The number of carbonyl (C=O) groups excluding carboxylic acids is 1. The topological polar surface area (TPSA) is 81.4 Å². The lowest BCUT2D eigenvalue weighted by molar-refractivity contribution is -0.117. The second-order valence-electron chi connectivity index (χ2n) is 4.56. The monoisotopic (exact) mass is 326 g/mol. The van der Waals surface area contributed by atoms with E-state index in [0.29, 0.717) is 5.02 Å². The van der Waals surface area contributed by atoms with Crippen LogP contribution in [0, 0.1) is 5.82 Å². The highest BCUT2D eigenvalue weighted by atomic mass is 35.5. The first-order valence-electron chi connectivity index (χ1n) is 6.24. The Labute approximate surface area is 130 Å². The minimum atomic E-state index is -1.25. The average Bonchev–Trinajstić information content (AvgIpc) is 2.82. The van der Waals surface area contributed by atoms with Crippen molar-refractivity contribution in [3.05, 3.63) is 46.4 Å². The van der Waals surface area contributed by atoms with Crippen LogP contribution in [-0.4, -0.2) is 26.6 Å². The molecule has 0 saturated heterocycles. The van der Waals surface area contributed by atoms with Gasteiger partial charge in [0.15, 0.2) is 11.5 Å². The highest BCUT2D eigenvalue weighted by Gasteiger charge is 2.16. The molecule has 1 aromatic carbocycles. The summed E-state index contributed by atoms with van der Waals surface area (Å²) < 4.78 is 20.1. The van der Waals surface area contributed by atoms with Crippen molar-refractivity contribution in [2.45, 2.75) is 20.1 Å². The first-order chi connectivity index (χ1) is 10.4. The number of rotatable bonds is 6. The fourth-order valence-electron chi connectivity index (χ4n) is 1.75. The van der Waals surface area contributed by atoms with Gasteiger partial charge in [0, 0.05) is 16.7 Å². The van der Waals surface area contributed by atoms with Crippen LogP contribution < -0.4 is 4.74 Å². The summed E-state index contributed by atoms with van der Waals surface area (Å²) in [6.45, 7) is 1.03. The second-order valence-corrected chi connectivity index (χ2v) is 4.99. The van der Waals surface area contributed by atoms with Gasteiger partial charge in [-0.15, -0.1) is 0 Å². The van der Waals surface area contributed by atoms with Crippen molar-refractivity contribution in [3.8, 4) is 5.88 Å². The molecule has 0 aliphatic carbocycles. The third-order valence-corrected chi connectivity index (χ3v) is 2.95. The molecular formula is C14H12ClFN2O4. The Morgan fingerprint density at radius 1 is 1.41 bits per heavy atom. The summed E-state index contributed by atoms with van der Waals surface area (Å²) in [4.78, 5) is 22.1. The van der Waals surface area contributed by atoms with Crippen LogP contribution in [0.1, 0.15) is 23.0 Å². The lowest BCUT2D eigenvalue weighted by atomic mass is 10.2. The van der Waals surface area contributed by atoms with Gasteiger partial charge >= 0.3 is 5.97 Å². The van der Waals surface area contributed by atoms with Gasteiger partial charge in [0.25, 0.3) is 0 Å². The van der Waals surface area contributed by atoms with Crippen LogP contribution in [0.4, 0.5) is 4.39 Å². The normalized spacial score (nSPS) is 10.5. The average molecular weight is 327 g/mol. The molecule has 0 aliphatic rings. The number of hydrogen-bond donors (Lipinski definition) is 1. The largest absolute Gasteiger partial charge is 0.476 e. The number of nitrogens with zero attached hydrogens (tertiary/aromatic N) is 2. The molecule has 0 unspecified atom stereocenters. The lowest BCUT2D eigenvalue weighted by Gasteiger charge is -2.09. The van der Waals surface area contributed by atoms with E-state index in [-0.39, 0.29) is 36.1 Å². The summed E-state index contributed by atoms with van der Waals surface area (Å²) in [5.41, 5.74) is -0.0530. The molecule has 1 N–H and O–H groups in total. The van der Waals surface area contributed by atoms with Crippen molar-refractivity contribution in [2.24, 2.45) is 0 Å². The van der Waals surface area contributed by atoms with E-state index >= 15 is 0 Å². The van der Waals surface area contributed by atoms with Gasteiger partial charge in [-0.2, -0.15) is 5.10 Å². The van der Waals surface area contributed by atoms with Gasteiger partial charge in [-0.1, -0.05) is 11.6 Å². The van der Waals surface area contributed by atoms with E-state index in [9.17, 15) is 14.0 Å². The Morgan fingerprint density at radius 3 is 2.77 bits per heavy atom. The van der Waals surface area contributed by atoms with Crippen LogP contribution >= 0.6 is 11.6 Å². The van der Waals surface area contributed by atoms with Gasteiger partial charge in [0.1, 0.15) is 19.0 Å². The highest BCUT2D eigenvalue weighted by Crippen LogP contribution is 2.19. The zero-order chi connectivity index (χ0) is 16.3. The molecule has 0 amide bonds. The minimum absolute atomic E-state index is 0.0620. The van der Waals surface area contributed by atoms with Crippen molar-refractivity contribution in [3.63, 3.8) is 0 Å². The van der Waals surface area contributed by atoms with E-state index in [1.807, 2.05) is 0 Å². The molecule has 116 valence electrons. The van der Waals surface area contributed by atoms with Crippen molar-refractivity contribution in [1.29, 1.82) is 0 Å². The van der Waals surface area contributed by atoms with Crippen molar-refractivity contribution in [2.75, 3.05) is 0 Å². The van der Waals surface area contributed by atoms with Gasteiger partial charge < -0.3 is 9.84 Å². The van der Waals surface area contributed by atoms with Gasteiger partial charge in [0.2, 0.25) is 5.88 Å². The molecule has 2 rings (SSSR count). The fourth-order valence-corrected chi connectivity index (χ4v) is 1.94. The number of halogens is 2. The fraction of sp³-hybridized carbons (Fsp3) is 0.214. The summed E-state index contributed by atoms with van der Waals surface area (Å²) in [5.74, 6) is -1.91. The van der Waals surface area contributed by atoms with Gasteiger partial charge in [0.05, 0.1) is 0 Å². The molecule has 0 aliphatic heterocycles. The van der Waals surface area contributed by atoms with E-state index in [2.05, 4.69) is 5.10 Å². The minimum Gasteiger partial charge on any atom is -0.476 e. The number of aromatic nitrogens is 2. The third kappa shape index (κ3) is 3.82. The Hall–Kier alpha value is -2.41. The predicted octanol–water partition coefficient (Wildman–Crippen LogP) is 2.54. The van der Waals surface area contributed by atoms with Crippen LogP contribution in [0.15, 0.2) is 24.3 Å². The standard InChI is InChI=1S/C14H12ClFN2O4/c1-8(19)6-18-13(5-12(17-18)14(20)21)22-7-9-4-10(15)2-3-11(9)16/h2-5H,6-7H2,1H3,(H,20,21). The highest BCUT2D eigenvalue weighted by molar-refractivity contribution is 6.30. The molecule has 8 heteroatoms. The second kappa shape index (κ2) is 6.57. The first-order valence-corrected chi connectivity index (χ1v) is 6.62. The maximum Gasteiger partial charge on any atom is 0.356 e. The third-order valence-electron chi connectivity index (χ3n) is 2.72. The molecule has 0 fully saturated rings. The lowest BCUT2D eigenvalue weighted by Crippen LogP contribution is -2.11. The van der Waals surface area contributed by atoms with Crippen LogP contribution in [0.25, 0.3) is 0 Å². The number of ether oxygens (including phenoxy) is 1. The number of ketones is 1. The SMILES string of the molecule is CC(=O)Cn1nc(C(=O)O)cc1OCc1cc(Cl)ccc1F. The molecular weight excluding hydrogens is 315 g/mol. The summed E-state index contributed by atoms with van der Waals surface area (Å²) >= 11 is 5.78. The zero-order valence-corrected chi connectivity index (χ0v) is 12.3. The predicted molar refractivity (Wildman–Crippen MR) is 75.6 cm³/mol. The summed E-state index contributed by atoms with van der Waals surface area (Å²) in [6.07, 6.45) is 0. The molecule has 1 aromatic heterocycles. The van der Waals surface area contributed by atoms with Gasteiger partial charge in [-0.25, -0.2) is 13.9 Å². The van der Waals surface area contributed by atoms with E-state index in [1.54, 1.807) is 0 Å². The molecule has 1 heterocycles. The smallest absolute Gasteiger partial charge is 0.356 e. The molecule has 0 radical (unpaired) electrons. The van der Waals surface area contributed by atoms with E-state index in [1.165, 1.54) is 31.2 Å². The molecule has 0 saturated carbocycles. The van der Waals surface area contributed by atoms with E-state index < -0.39 is 11.8 Å². The number of Topliss-reactive ketones (excluding diaryl/α,β-unsaturated/α-hetero) is 1. The quantitative estimate of drug-likeness (QED) is 0.882.